The van der Waals surface area contributed by atoms with Gasteiger partial charge in [-0.1, -0.05) is 6.58 Å². The van der Waals surface area contributed by atoms with E-state index >= 15 is 0 Å². The molecule has 0 unspecified atom stereocenters. The smallest absolute Gasteiger partial charge is 0.0905 e. The van der Waals surface area contributed by atoms with E-state index < -0.39 is 10.8 Å². The molecule has 3 heteroatoms. The van der Waals surface area contributed by atoms with Crippen molar-refractivity contribution < 1.29 is 4.21 Å². The first-order valence-corrected chi connectivity index (χ1v) is 3.87. The van der Waals surface area contributed by atoms with Crippen LogP contribution in [0, 0.1) is 11.3 Å². The molecule has 8 heavy (non-hydrogen) atoms. The Hall–Kier alpha value is -0.620. The second-order valence-electron chi connectivity index (χ2n) is 1.07. The number of nitrogens with zero attached hydrogens (tertiary/aromatic N) is 1. The minimum Gasteiger partial charge on any atom is -0.260 e. The fourth-order valence-electron chi connectivity index (χ4n) is 0. The van der Waals surface area contributed by atoms with Crippen LogP contribution in [0.25, 0.3) is 0 Å². The summed E-state index contributed by atoms with van der Waals surface area (Å²) in [6.45, 7) is 3.12. The average molecular weight is 131 g/mol. The van der Waals surface area contributed by atoms with E-state index in [2.05, 4.69) is 6.58 Å². The van der Waals surface area contributed by atoms with Crippen LogP contribution in [0.1, 0.15) is 0 Å². The van der Waals surface area contributed by atoms with Crippen LogP contribution >= 0.6 is 0 Å². The van der Waals surface area contributed by atoms with Crippen LogP contribution in [0.15, 0.2) is 12.7 Å². The van der Waals surface area contributed by atoms with Gasteiger partial charge in [0, 0.05) is 29.4 Å². The third-order valence-corrected chi connectivity index (χ3v) is 0.0913. The van der Waals surface area contributed by atoms with Crippen LogP contribution in [0.2, 0.25) is 0 Å². The van der Waals surface area contributed by atoms with Gasteiger partial charge >= 0.3 is 0 Å². The molecule has 0 aromatic carbocycles. The first-order valence-electron chi connectivity index (χ1n) is 1.90. The van der Waals surface area contributed by atoms with Crippen molar-refractivity contribution in [2.45, 2.75) is 0 Å². The molecular formula is C5H9NOS. The average Bonchev–Trinajstić information content (AvgIpc) is 1.65. The van der Waals surface area contributed by atoms with Gasteiger partial charge in [-0.05, 0) is 0 Å². The van der Waals surface area contributed by atoms with Gasteiger partial charge < -0.3 is 0 Å². The van der Waals surface area contributed by atoms with E-state index in [1.807, 2.05) is 0 Å². The second kappa shape index (κ2) is 9.63. The van der Waals surface area contributed by atoms with Crippen LogP contribution in [0.5, 0.6) is 0 Å². The van der Waals surface area contributed by atoms with Crippen molar-refractivity contribution in [3.8, 4) is 6.07 Å². The fraction of sp³-hybridized carbons (Fsp3) is 0.400. The molecule has 0 aromatic rings. The normalized spacial score (nSPS) is 6.25. The Morgan fingerprint density at radius 3 is 1.88 bits per heavy atom. The molecule has 0 rings (SSSR count). The molecular weight excluding hydrogens is 122 g/mol. The Kier molecular flexibility index (Phi) is 12.5. The first kappa shape index (κ1) is 10.4. The standard InChI is InChI=1S/C3H3N.C2H6OS/c1-2-3-4;1-4(2)3/h2H,1H2;1-2H3. The lowest BCUT2D eigenvalue weighted by molar-refractivity contribution is 0.690. The molecule has 0 aliphatic rings. The molecule has 0 radical (unpaired) electrons. The molecule has 0 aliphatic carbocycles. The molecule has 0 saturated carbocycles. The first-order chi connectivity index (χ1) is 3.65. The highest BCUT2D eigenvalue weighted by molar-refractivity contribution is 7.83. The van der Waals surface area contributed by atoms with Gasteiger partial charge in [0.05, 0.1) is 6.07 Å². The molecule has 0 spiro atoms. The molecule has 0 heterocycles. The summed E-state index contributed by atoms with van der Waals surface area (Å²) in [5.41, 5.74) is 0. The molecule has 0 N–H and O–H groups in total. The number of rotatable bonds is 0. The third kappa shape index (κ3) is 715. The van der Waals surface area contributed by atoms with Gasteiger partial charge in [-0.2, -0.15) is 5.26 Å². The summed E-state index contributed by atoms with van der Waals surface area (Å²) < 4.78 is 9.56. The van der Waals surface area contributed by atoms with Gasteiger partial charge in [-0.25, -0.2) is 0 Å². The maximum absolute atomic E-state index is 9.56. The minimum atomic E-state index is -0.611. The summed E-state index contributed by atoms with van der Waals surface area (Å²) in [6, 6.07) is 1.69. The zero-order valence-corrected chi connectivity index (χ0v) is 5.86. The van der Waals surface area contributed by atoms with Gasteiger partial charge in [0.15, 0.2) is 0 Å². The monoisotopic (exact) mass is 131 g/mol. The van der Waals surface area contributed by atoms with Gasteiger partial charge in [0.25, 0.3) is 0 Å². The Morgan fingerprint density at radius 2 is 1.88 bits per heavy atom. The predicted molar refractivity (Wildman–Crippen MR) is 35.8 cm³/mol. The van der Waals surface area contributed by atoms with Crippen molar-refractivity contribution in [2.75, 3.05) is 12.5 Å². The minimum absolute atomic E-state index is 0.611. The lowest BCUT2D eigenvalue weighted by Gasteiger charge is -1.60. The number of hydrogen-bond acceptors (Lipinski definition) is 2. The lowest BCUT2D eigenvalue weighted by atomic mass is 10.8. The highest BCUT2D eigenvalue weighted by atomic mass is 32.2. The molecule has 0 fully saturated rings. The van der Waals surface area contributed by atoms with E-state index in [1.165, 1.54) is 6.08 Å². The summed E-state index contributed by atoms with van der Waals surface area (Å²) in [4.78, 5) is 0. The van der Waals surface area contributed by atoms with Crippen molar-refractivity contribution in [2.24, 2.45) is 0 Å². The van der Waals surface area contributed by atoms with E-state index in [-0.39, 0.29) is 0 Å². The van der Waals surface area contributed by atoms with Crippen molar-refractivity contribution in [1.82, 2.24) is 0 Å². The maximum Gasteiger partial charge on any atom is 0.0905 e. The predicted octanol–water partition coefficient (Wildman–Crippen LogP) is 0.691. The maximum atomic E-state index is 9.56. The van der Waals surface area contributed by atoms with Crippen molar-refractivity contribution >= 4 is 10.8 Å². The SMILES string of the molecule is C=CC#N.CS(C)=O. The summed E-state index contributed by atoms with van der Waals surface area (Å²) in [5.74, 6) is 0. The molecule has 46 valence electrons. The quantitative estimate of drug-likeness (QED) is 0.454. The zero-order chi connectivity index (χ0) is 6.99. The Morgan fingerprint density at radius 1 is 1.75 bits per heavy atom. The van der Waals surface area contributed by atoms with Crippen LogP contribution in [-0.4, -0.2) is 16.7 Å². The van der Waals surface area contributed by atoms with Crippen LogP contribution in [0.3, 0.4) is 0 Å². The van der Waals surface area contributed by atoms with Crippen LogP contribution in [-0.2, 0) is 10.8 Å². The molecule has 0 atom stereocenters. The molecule has 0 saturated heterocycles. The molecule has 0 amide bonds. The van der Waals surface area contributed by atoms with Crippen molar-refractivity contribution in [3.63, 3.8) is 0 Å². The third-order valence-electron chi connectivity index (χ3n) is 0.0913. The van der Waals surface area contributed by atoms with Gasteiger partial charge in [0.1, 0.15) is 0 Å². The van der Waals surface area contributed by atoms with Crippen LogP contribution < -0.4 is 0 Å². The van der Waals surface area contributed by atoms with E-state index in [0.717, 1.165) is 0 Å². The van der Waals surface area contributed by atoms with E-state index in [1.54, 1.807) is 18.6 Å². The summed E-state index contributed by atoms with van der Waals surface area (Å²) in [7, 11) is -0.611. The number of nitriles is 1. The fourth-order valence-corrected chi connectivity index (χ4v) is 0. The zero-order valence-electron chi connectivity index (χ0n) is 5.05. The Labute approximate surface area is 52.3 Å². The Balaban J connectivity index is 0. The van der Waals surface area contributed by atoms with E-state index in [9.17, 15) is 4.21 Å². The Bertz CT molecular complexity index is 110. The van der Waals surface area contributed by atoms with Gasteiger partial charge in [-0.15, -0.1) is 0 Å². The van der Waals surface area contributed by atoms with E-state index in [4.69, 9.17) is 5.26 Å². The van der Waals surface area contributed by atoms with Crippen molar-refractivity contribution in [1.29, 1.82) is 5.26 Å². The van der Waals surface area contributed by atoms with Gasteiger partial charge in [-0.3, -0.25) is 4.21 Å². The summed E-state index contributed by atoms with van der Waals surface area (Å²) in [6.07, 6.45) is 4.46. The highest BCUT2D eigenvalue weighted by Gasteiger charge is 1.57. The van der Waals surface area contributed by atoms with E-state index in [0.29, 0.717) is 0 Å². The number of hydrogen-bond donors (Lipinski definition) is 0. The van der Waals surface area contributed by atoms with Crippen molar-refractivity contribution in [3.05, 3.63) is 12.7 Å². The largest absolute Gasteiger partial charge is 0.260 e. The lowest BCUT2D eigenvalue weighted by Crippen LogP contribution is -1.70. The molecule has 0 aromatic heterocycles. The summed E-state index contributed by atoms with van der Waals surface area (Å²) >= 11 is 0. The molecule has 0 aliphatic heterocycles. The summed E-state index contributed by atoms with van der Waals surface area (Å²) in [5, 5.41) is 7.51. The highest BCUT2D eigenvalue weighted by Crippen LogP contribution is 1.47. The number of allylic oxidation sites excluding steroid dienone is 1. The second-order valence-corrected chi connectivity index (χ2v) is 2.56. The van der Waals surface area contributed by atoms with Crippen LogP contribution in [0.4, 0.5) is 0 Å². The molecule has 0 bridgehead atoms. The molecule has 2 nitrogen and oxygen atoms in total. The topological polar surface area (TPSA) is 40.9 Å². The van der Waals surface area contributed by atoms with Gasteiger partial charge in [0.2, 0.25) is 0 Å².